The van der Waals surface area contributed by atoms with Gasteiger partial charge in [-0.15, -0.1) is 0 Å². The van der Waals surface area contributed by atoms with Crippen LogP contribution >= 0.6 is 0 Å². The Kier molecular flexibility index (Phi) is 3.39. The summed E-state index contributed by atoms with van der Waals surface area (Å²) in [6.45, 7) is 0.0412. The summed E-state index contributed by atoms with van der Waals surface area (Å²) in [5.74, 6) is -0.926. The quantitative estimate of drug-likeness (QED) is 0.945. The molecule has 1 aliphatic rings. The molecule has 0 saturated heterocycles. The van der Waals surface area contributed by atoms with Gasteiger partial charge in [0.05, 0.1) is 7.11 Å². The van der Waals surface area contributed by atoms with E-state index < -0.39 is 17.7 Å². The second kappa shape index (κ2) is 5.21. The molecule has 0 spiro atoms. The number of aliphatic hydroxyl groups is 1. The standard InChI is InChI=1S/C15H12F2O4/c1-19-11-5-8(6-12-15(11)21-7-20-12)14(18)9-3-2-4-10(16)13(9)17/h2-6,14,18H,7H2,1H3. The Balaban J connectivity index is 2.06. The van der Waals surface area contributed by atoms with Gasteiger partial charge < -0.3 is 19.3 Å². The lowest BCUT2D eigenvalue weighted by molar-refractivity contribution is 0.171. The fourth-order valence-corrected chi connectivity index (χ4v) is 2.22. The molecule has 0 aromatic heterocycles. The Bertz CT molecular complexity index is 688. The van der Waals surface area contributed by atoms with Crippen LogP contribution in [0.15, 0.2) is 30.3 Å². The van der Waals surface area contributed by atoms with Crippen molar-refractivity contribution in [1.82, 2.24) is 0 Å². The fraction of sp³-hybridized carbons (Fsp3) is 0.200. The predicted molar refractivity (Wildman–Crippen MR) is 69.5 cm³/mol. The van der Waals surface area contributed by atoms with Crippen molar-refractivity contribution in [3.8, 4) is 17.2 Å². The third kappa shape index (κ3) is 2.27. The highest BCUT2D eigenvalue weighted by molar-refractivity contribution is 5.56. The summed E-state index contributed by atoms with van der Waals surface area (Å²) in [5.41, 5.74) is 0.163. The summed E-state index contributed by atoms with van der Waals surface area (Å²) >= 11 is 0. The topological polar surface area (TPSA) is 47.9 Å². The monoisotopic (exact) mass is 294 g/mol. The summed E-state index contributed by atoms with van der Waals surface area (Å²) in [6.07, 6.45) is -1.34. The van der Waals surface area contributed by atoms with E-state index >= 15 is 0 Å². The van der Waals surface area contributed by atoms with Gasteiger partial charge in [0.2, 0.25) is 12.5 Å². The van der Waals surface area contributed by atoms with E-state index in [-0.39, 0.29) is 12.4 Å². The van der Waals surface area contributed by atoms with E-state index in [2.05, 4.69) is 0 Å². The maximum atomic E-state index is 13.8. The largest absolute Gasteiger partial charge is 0.493 e. The second-order valence-electron chi connectivity index (χ2n) is 4.50. The van der Waals surface area contributed by atoms with E-state index in [1.165, 1.54) is 31.4 Å². The van der Waals surface area contributed by atoms with Crippen molar-refractivity contribution in [2.45, 2.75) is 6.10 Å². The van der Waals surface area contributed by atoms with Gasteiger partial charge in [0.15, 0.2) is 23.1 Å². The van der Waals surface area contributed by atoms with Gasteiger partial charge in [0.25, 0.3) is 0 Å². The lowest BCUT2D eigenvalue weighted by atomic mass is 10.00. The molecule has 1 N–H and O–H groups in total. The van der Waals surface area contributed by atoms with Crippen LogP contribution in [0.1, 0.15) is 17.2 Å². The van der Waals surface area contributed by atoms with Gasteiger partial charge in [-0.3, -0.25) is 0 Å². The molecule has 1 unspecified atom stereocenters. The normalized spacial score (nSPS) is 14.1. The molecule has 3 rings (SSSR count). The van der Waals surface area contributed by atoms with Crippen molar-refractivity contribution in [3.05, 3.63) is 53.1 Å². The second-order valence-corrected chi connectivity index (χ2v) is 4.50. The summed E-state index contributed by atoms with van der Waals surface area (Å²) in [5, 5.41) is 10.3. The molecule has 0 saturated carbocycles. The summed E-state index contributed by atoms with van der Waals surface area (Å²) in [6, 6.07) is 6.66. The molecular formula is C15H12F2O4. The SMILES string of the molecule is COc1cc(C(O)c2cccc(F)c2F)cc2c1OCO2. The highest BCUT2D eigenvalue weighted by Crippen LogP contribution is 2.43. The first-order valence-electron chi connectivity index (χ1n) is 6.21. The molecule has 2 aromatic rings. The van der Waals surface area contributed by atoms with Crippen LogP contribution in [-0.2, 0) is 0 Å². The molecule has 0 amide bonds. The minimum absolute atomic E-state index is 0.0412. The number of hydrogen-bond acceptors (Lipinski definition) is 4. The molecule has 0 fully saturated rings. The van der Waals surface area contributed by atoms with Crippen LogP contribution in [0.3, 0.4) is 0 Å². The Labute approximate surface area is 119 Å². The van der Waals surface area contributed by atoms with E-state index in [4.69, 9.17) is 14.2 Å². The first-order chi connectivity index (χ1) is 10.1. The molecule has 0 aliphatic carbocycles. The van der Waals surface area contributed by atoms with Gasteiger partial charge in [0, 0.05) is 5.56 Å². The molecule has 1 heterocycles. The van der Waals surface area contributed by atoms with Crippen molar-refractivity contribution in [2.24, 2.45) is 0 Å². The summed E-state index contributed by atoms with van der Waals surface area (Å²) < 4.78 is 42.7. The summed E-state index contributed by atoms with van der Waals surface area (Å²) in [7, 11) is 1.44. The Morgan fingerprint density at radius 2 is 2.05 bits per heavy atom. The van der Waals surface area contributed by atoms with E-state index in [9.17, 15) is 13.9 Å². The first-order valence-corrected chi connectivity index (χ1v) is 6.21. The predicted octanol–water partition coefficient (Wildman–Crippen LogP) is 2.78. The van der Waals surface area contributed by atoms with Gasteiger partial charge in [-0.25, -0.2) is 8.78 Å². The van der Waals surface area contributed by atoms with Gasteiger partial charge in [0.1, 0.15) is 6.10 Å². The first kappa shape index (κ1) is 13.6. The van der Waals surface area contributed by atoms with Crippen LogP contribution in [0.4, 0.5) is 8.78 Å². The molecular weight excluding hydrogens is 282 g/mol. The Hall–Kier alpha value is -2.34. The van der Waals surface area contributed by atoms with Crippen LogP contribution in [0, 0.1) is 11.6 Å². The third-order valence-electron chi connectivity index (χ3n) is 3.27. The maximum absolute atomic E-state index is 13.8. The van der Waals surface area contributed by atoms with E-state index in [0.29, 0.717) is 22.8 Å². The van der Waals surface area contributed by atoms with Crippen LogP contribution < -0.4 is 14.2 Å². The van der Waals surface area contributed by atoms with Crippen molar-refractivity contribution in [1.29, 1.82) is 0 Å². The van der Waals surface area contributed by atoms with E-state index in [0.717, 1.165) is 6.07 Å². The Morgan fingerprint density at radius 1 is 1.24 bits per heavy atom. The molecule has 0 bridgehead atoms. The van der Waals surface area contributed by atoms with Crippen molar-refractivity contribution in [2.75, 3.05) is 13.9 Å². The van der Waals surface area contributed by atoms with Crippen molar-refractivity contribution < 1.29 is 28.1 Å². The molecule has 1 aliphatic heterocycles. The zero-order chi connectivity index (χ0) is 15.0. The highest BCUT2D eigenvalue weighted by Gasteiger charge is 2.24. The van der Waals surface area contributed by atoms with Crippen LogP contribution in [-0.4, -0.2) is 19.0 Å². The number of hydrogen-bond donors (Lipinski definition) is 1. The number of fused-ring (bicyclic) bond motifs is 1. The van der Waals surface area contributed by atoms with E-state index in [1.807, 2.05) is 0 Å². The number of halogens is 2. The number of aliphatic hydroxyl groups excluding tert-OH is 1. The lowest BCUT2D eigenvalue weighted by Crippen LogP contribution is -2.04. The molecule has 1 atom stereocenters. The van der Waals surface area contributed by atoms with E-state index in [1.54, 1.807) is 0 Å². The van der Waals surface area contributed by atoms with Crippen molar-refractivity contribution >= 4 is 0 Å². The molecule has 6 heteroatoms. The van der Waals surface area contributed by atoms with Gasteiger partial charge in [-0.2, -0.15) is 0 Å². The maximum Gasteiger partial charge on any atom is 0.231 e. The molecule has 2 aromatic carbocycles. The average Bonchev–Trinajstić information content (AvgIpc) is 2.96. The highest BCUT2D eigenvalue weighted by atomic mass is 19.2. The average molecular weight is 294 g/mol. The number of methoxy groups -OCH3 is 1. The third-order valence-corrected chi connectivity index (χ3v) is 3.27. The zero-order valence-corrected chi connectivity index (χ0v) is 11.1. The summed E-state index contributed by atoms with van der Waals surface area (Å²) in [4.78, 5) is 0. The van der Waals surface area contributed by atoms with Gasteiger partial charge >= 0.3 is 0 Å². The van der Waals surface area contributed by atoms with Gasteiger partial charge in [-0.1, -0.05) is 12.1 Å². The van der Waals surface area contributed by atoms with Crippen LogP contribution in [0.25, 0.3) is 0 Å². The minimum Gasteiger partial charge on any atom is -0.493 e. The van der Waals surface area contributed by atoms with Crippen molar-refractivity contribution in [3.63, 3.8) is 0 Å². The van der Waals surface area contributed by atoms with Gasteiger partial charge in [-0.05, 0) is 23.8 Å². The molecule has 21 heavy (non-hydrogen) atoms. The zero-order valence-electron chi connectivity index (χ0n) is 11.1. The smallest absolute Gasteiger partial charge is 0.231 e. The Morgan fingerprint density at radius 3 is 2.81 bits per heavy atom. The fourth-order valence-electron chi connectivity index (χ4n) is 2.22. The molecule has 110 valence electrons. The number of ether oxygens (including phenoxy) is 3. The van der Waals surface area contributed by atoms with Crippen LogP contribution in [0.2, 0.25) is 0 Å². The van der Waals surface area contributed by atoms with Crippen LogP contribution in [0.5, 0.6) is 17.2 Å². The number of rotatable bonds is 3. The minimum atomic E-state index is -1.34. The lowest BCUT2D eigenvalue weighted by Gasteiger charge is -2.15. The number of benzene rings is 2. The molecule has 0 radical (unpaired) electrons. The molecule has 4 nitrogen and oxygen atoms in total.